The van der Waals surface area contributed by atoms with Gasteiger partial charge in [0.25, 0.3) is 0 Å². The molecular weight excluding hydrogens is 220 g/mol. The maximum absolute atomic E-state index is 4.25. The van der Waals surface area contributed by atoms with E-state index in [9.17, 15) is 0 Å². The van der Waals surface area contributed by atoms with Crippen molar-refractivity contribution in [2.75, 3.05) is 19.6 Å². The Kier molecular flexibility index (Phi) is 5.25. The molecule has 0 bridgehead atoms. The van der Waals surface area contributed by atoms with Gasteiger partial charge in [-0.25, -0.2) is 0 Å². The Balaban J connectivity index is 1.81. The van der Waals surface area contributed by atoms with Gasteiger partial charge in [0, 0.05) is 25.2 Å². The summed E-state index contributed by atoms with van der Waals surface area (Å²) in [5.74, 6) is 0.985. The number of nitrogens with zero attached hydrogens (tertiary/aromatic N) is 1. The van der Waals surface area contributed by atoms with Crippen LogP contribution in [0.2, 0.25) is 0 Å². The molecule has 0 aromatic heterocycles. The summed E-state index contributed by atoms with van der Waals surface area (Å²) in [5, 5.41) is 3.48. The highest BCUT2D eigenvalue weighted by molar-refractivity contribution is 5.02. The first-order chi connectivity index (χ1) is 8.66. The standard InChI is InChI=1S/C16H30N2/c1-13(2)17-11-14(3)12-18-10-6-8-15-7-4-5-9-16(15)18/h13,15-17H,3-12H2,1-2H3/t15-,16-/m1/s1. The highest BCUT2D eigenvalue weighted by Gasteiger charge is 2.32. The third-order valence-corrected chi connectivity index (χ3v) is 4.55. The molecule has 1 aliphatic heterocycles. The maximum atomic E-state index is 4.25. The molecule has 1 saturated carbocycles. The summed E-state index contributed by atoms with van der Waals surface area (Å²) in [6.07, 6.45) is 8.66. The van der Waals surface area contributed by atoms with Gasteiger partial charge in [-0.15, -0.1) is 0 Å². The number of fused-ring (bicyclic) bond motifs is 1. The molecule has 18 heavy (non-hydrogen) atoms. The van der Waals surface area contributed by atoms with E-state index in [0.717, 1.165) is 25.0 Å². The van der Waals surface area contributed by atoms with Crippen LogP contribution >= 0.6 is 0 Å². The average molecular weight is 250 g/mol. The normalized spacial score (nSPS) is 29.3. The number of rotatable bonds is 5. The van der Waals surface area contributed by atoms with Gasteiger partial charge in [0.2, 0.25) is 0 Å². The molecule has 1 N–H and O–H groups in total. The summed E-state index contributed by atoms with van der Waals surface area (Å²) < 4.78 is 0. The Morgan fingerprint density at radius 1 is 1.22 bits per heavy atom. The first-order valence-electron chi connectivity index (χ1n) is 7.81. The lowest BCUT2D eigenvalue weighted by Gasteiger charge is -2.44. The second kappa shape index (κ2) is 6.72. The summed E-state index contributed by atoms with van der Waals surface area (Å²) in [7, 11) is 0. The van der Waals surface area contributed by atoms with Crippen molar-refractivity contribution in [3.05, 3.63) is 12.2 Å². The smallest absolute Gasteiger partial charge is 0.0205 e. The molecule has 2 fully saturated rings. The zero-order valence-electron chi connectivity index (χ0n) is 12.3. The number of likely N-dealkylation sites (tertiary alicyclic amines) is 1. The van der Waals surface area contributed by atoms with Crippen LogP contribution in [0.5, 0.6) is 0 Å². The molecule has 0 radical (unpaired) electrons. The summed E-state index contributed by atoms with van der Waals surface area (Å²) in [6, 6.07) is 1.42. The van der Waals surface area contributed by atoms with Crippen molar-refractivity contribution in [2.45, 2.75) is 64.5 Å². The molecule has 2 heteroatoms. The van der Waals surface area contributed by atoms with Crippen molar-refractivity contribution >= 4 is 0 Å². The van der Waals surface area contributed by atoms with Crippen molar-refractivity contribution in [1.82, 2.24) is 10.2 Å². The highest BCUT2D eigenvalue weighted by Crippen LogP contribution is 2.35. The largest absolute Gasteiger partial charge is 0.311 e. The van der Waals surface area contributed by atoms with Crippen LogP contribution in [0.1, 0.15) is 52.4 Å². The van der Waals surface area contributed by atoms with Crippen LogP contribution in [0.25, 0.3) is 0 Å². The molecule has 104 valence electrons. The molecule has 1 heterocycles. The van der Waals surface area contributed by atoms with Gasteiger partial charge in [-0.2, -0.15) is 0 Å². The molecule has 2 nitrogen and oxygen atoms in total. The Hall–Kier alpha value is -0.340. The zero-order valence-corrected chi connectivity index (χ0v) is 12.3. The fourth-order valence-electron chi connectivity index (χ4n) is 3.62. The van der Waals surface area contributed by atoms with E-state index in [1.54, 1.807) is 0 Å². The van der Waals surface area contributed by atoms with E-state index in [1.165, 1.54) is 50.6 Å². The minimum atomic E-state index is 0.561. The minimum Gasteiger partial charge on any atom is -0.311 e. The third kappa shape index (κ3) is 3.83. The van der Waals surface area contributed by atoms with Gasteiger partial charge in [0.15, 0.2) is 0 Å². The van der Waals surface area contributed by atoms with Crippen molar-refractivity contribution in [3.63, 3.8) is 0 Å². The van der Waals surface area contributed by atoms with Crippen LogP contribution in [0.15, 0.2) is 12.2 Å². The Bertz CT molecular complexity index is 270. The summed E-state index contributed by atoms with van der Waals surface area (Å²) in [5.41, 5.74) is 1.36. The number of hydrogen-bond acceptors (Lipinski definition) is 2. The fourth-order valence-corrected chi connectivity index (χ4v) is 3.62. The van der Waals surface area contributed by atoms with E-state index in [4.69, 9.17) is 0 Å². The molecule has 2 atom stereocenters. The quantitative estimate of drug-likeness (QED) is 0.754. The Morgan fingerprint density at radius 2 is 1.94 bits per heavy atom. The predicted molar refractivity (Wildman–Crippen MR) is 78.8 cm³/mol. The number of nitrogens with one attached hydrogen (secondary N) is 1. The van der Waals surface area contributed by atoms with E-state index >= 15 is 0 Å². The lowest BCUT2D eigenvalue weighted by atomic mass is 9.78. The fraction of sp³-hybridized carbons (Fsp3) is 0.875. The van der Waals surface area contributed by atoms with Crippen molar-refractivity contribution in [2.24, 2.45) is 5.92 Å². The van der Waals surface area contributed by atoms with Gasteiger partial charge >= 0.3 is 0 Å². The molecular formula is C16H30N2. The van der Waals surface area contributed by atoms with Gasteiger partial charge in [-0.3, -0.25) is 4.90 Å². The molecule has 2 aliphatic rings. The number of hydrogen-bond donors (Lipinski definition) is 1. The van der Waals surface area contributed by atoms with Crippen molar-refractivity contribution in [1.29, 1.82) is 0 Å². The predicted octanol–water partition coefficient (Wildman–Crippen LogP) is 3.20. The monoisotopic (exact) mass is 250 g/mol. The van der Waals surface area contributed by atoms with Crippen LogP contribution in [0.4, 0.5) is 0 Å². The Morgan fingerprint density at radius 3 is 2.72 bits per heavy atom. The highest BCUT2D eigenvalue weighted by atomic mass is 15.2. The number of piperidine rings is 1. The van der Waals surface area contributed by atoms with E-state index in [2.05, 4.69) is 30.6 Å². The van der Waals surface area contributed by atoms with Crippen molar-refractivity contribution in [3.8, 4) is 0 Å². The lowest BCUT2D eigenvalue weighted by Crippen LogP contribution is -2.47. The zero-order chi connectivity index (χ0) is 13.0. The molecule has 2 rings (SSSR count). The van der Waals surface area contributed by atoms with Gasteiger partial charge in [-0.1, -0.05) is 33.3 Å². The molecule has 1 saturated heterocycles. The van der Waals surface area contributed by atoms with Gasteiger partial charge in [0.1, 0.15) is 0 Å². The first kappa shape index (κ1) is 14.1. The topological polar surface area (TPSA) is 15.3 Å². The van der Waals surface area contributed by atoms with E-state index < -0.39 is 0 Å². The van der Waals surface area contributed by atoms with E-state index in [0.29, 0.717) is 6.04 Å². The van der Waals surface area contributed by atoms with Crippen LogP contribution in [0.3, 0.4) is 0 Å². The SMILES string of the molecule is C=C(CNC(C)C)CN1CCC[C@H]2CCCC[C@H]21. The Labute approximate surface area is 113 Å². The van der Waals surface area contributed by atoms with Crippen LogP contribution in [-0.4, -0.2) is 36.6 Å². The summed E-state index contributed by atoms with van der Waals surface area (Å²) in [6.45, 7) is 12.0. The summed E-state index contributed by atoms with van der Waals surface area (Å²) >= 11 is 0. The van der Waals surface area contributed by atoms with E-state index in [1.807, 2.05) is 0 Å². The van der Waals surface area contributed by atoms with Crippen LogP contribution in [0, 0.1) is 5.92 Å². The first-order valence-corrected chi connectivity index (χ1v) is 7.81. The van der Waals surface area contributed by atoms with Gasteiger partial charge in [0.05, 0.1) is 0 Å². The van der Waals surface area contributed by atoms with Crippen LogP contribution in [-0.2, 0) is 0 Å². The van der Waals surface area contributed by atoms with Gasteiger partial charge in [-0.05, 0) is 43.7 Å². The van der Waals surface area contributed by atoms with E-state index in [-0.39, 0.29) is 0 Å². The molecule has 0 amide bonds. The lowest BCUT2D eigenvalue weighted by molar-refractivity contribution is 0.0686. The molecule has 0 aromatic carbocycles. The van der Waals surface area contributed by atoms with Crippen molar-refractivity contribution < 1.29 is 0 Å². The van der Waals surface area contributed by atoms with Gasteiger partial charge < -0.3 is 5.32 Å². The summed E-state index contributed by atoms with van der Waals surface area (Å²) in [4.78, 5) is 2.72. The maximum Gasteiger partial charge on any atom is 0.0205 e. The second-order valence-corrected chi connectivity index (χ2v) is 6.51. The molecule has 0 spiro atoms. The molecule has 0 aromatic rings. The minimum absolute atomic E-state index is 0.561. The van der Waals surface area contributed by atoms with Crippen LogP contribution < -0.4 is 5.32 Å². The second-order valence-electron chi connectivity index (χ2n) is 6.51. The molecule has 0 unspecified atom stereocenters. The average Bonchev–Trinajstić information content (AvgIpc) is 2.37. The molecule has 1 aliphatic carbocycles. The third-order valence-electron chi connectivity index (χ3n) is 4.55.